The Morgan fingerprint density at radius 1 is 1.64 bits per heavy atom. The zero-order valence-electron chi connectivity index (χ0n) is 7.78. The minimum atomic E-state index is -0.877. The molecule has 1 atom stereocenters. The Morgan fingerprint density at radius 3 is 3.14 bits per heavy atom. The van der Waals surface area contributed by atoms with E-state index in [4.69, 9.17) is 5.11 Å². The number of rotatable bonds is 1. The first-order valence-electron chi connectivity index (χ1n) is 4.44. The monoisotopic (exact) mass is 209 g/mol. The minimum absolute atomic E-state index is 0.339. The van der Waals surface area contributed by atoms with Crippen LogP contribution in [0, 0.1) is 0 Å². The quantitative estimate of drug-likeness (QED) is 0.745. The van der Waals surface area contributed by atoms with Crippen LogP contribution in [0.4, 0.5) is 5.69 Å². The van der Waals surface area contributed by atoms with E-state index in [2.05, 4.69) is 12.2 Å². The van der Waals surface area contributed by atoms with Gasteiger partial charge in [0.1, 0.15) is 0 Å². The SMILES string of the molecule is CC1CNc2cc(C(=O)O)ccc2S1. The van der Waals surface area contributed by atoms with Crippen LogP contribution in [-0.4, -0.2) is 22.9 Å². The van der Waals surface area contributed by atoms with Gasteiger partial charge in [-0.1, -0.05) is 6.92 Å². The van der Waals surface area contributed by atoms with E-state index >= 15 is 0 Å². The first kappa shape index (κ1) is 9.40. The summed E-state index contributed by atoms with van der Waals surface area (Å²) in [5.41, 5.74) is 1.28. The van der Waals surface area contributed by atoms with Crippen molar-refractivity contribution in [2.45, 2.75) is 17.1 Å². The number of aromatic carboxylic acids is 1. The van der Waals surface area contributed by atoms with Crippen LogP contribution >= 0.6 is 11.8 Å². The van der Waals surface area contributed by atoms with Crippen LogP contribution < -0.4 is 5.32 Å². The number of carboxylic acid groups (broad SMARTS) is 1. The molecule has 1 aromatic carbocycles. The van der Waals surface area contributed by atoms with Crippen LogP contribution in [0.25, 0.3) is 0 Å². The number of carbonyl (C=O) groups is 1. The largest absolute Gasteiger partial charge is 0.478 e. The first-order valence-corrected chi connectivity index (χ1v) is 5.32. The third-order valence-corrected chi connectivity index (χ3v) is 3.31. The van der Waals surface area contributed by atoms with Gasteiger partial charge in [-0.25, -0.2) is 4.79 Å². The summed E-state index contributed by atoms with van der Waals surface area (Å²) >= 11 is 1.78. The number of thioether (sulfide) groups is 1. The Bertz CT molecular complexity index is 378. The summed E-state index contributed by atoms with van der Waals surface area (Å²) in [6, 6.07) is 5.20. The molecule has 1 heterocycles. The molecule has 0 bridgehead atoms. The predicted octanol–water partition coefficient (Wildman–Crippen LogP) is 2.29. The molecule has 0 radical (unpaired) electrons. The number of fused-ring (bicyclic) bond motifs is 1. The van der Waals surface area contributed by atoms with Gasteiger partial charge in [-0.05, 0) is 18.2 Å². The van der Waals surface area contributed by atoms with Crippen molar-refractivity contribution in [2.75, 3.05) is 11.9 Å². The van der Waals surface area contributed by atoms with Crippen LogP contribution in [-0.2, 0) is 0 Å². The maximum absolute atomic E-state index is 10.7. The van der Waals surface area contributed by atoms with Crippen LogP contribution in [0.5, 0.6) is 0 Å². The second-order valence-corrected chi connectivity index (χ2v) is 4.81. The fourth-order valence-corrected chi connectivity index (χ4v) is 2.42. The van der Waals surface area contributed by atoms with E-state index in [1.165, 1.54) is 0 Å². The van der Waals surface area contributed by atoms with Crippen molar-refractivity contribution < 1.29 is 9.90 Å². The normalized spacial score (nSPS) is 19.6. The molecule has 1 unspecified atom stereocenters. The average Bonchev–Trinajstić information content (AvgIpc) is 2.16. The van der Waals surface area contributed by atoms with Crippen LogP contribution in [0.15, 0.2) is 23.1 Å². The zero-order valence-corrected chi connectivity index (χ0v) is 8.60. The number of hydrogen-bond donors (Lipinski definition) is 2. The number of nitrogens with one attached hydrogen (secondary N) is 1. The van der Waals surface area contributed by atoms with Gasteiger partial charge in [0.15, 0.2) is 0 Å². The number of anilines is 1. The molecule has 0 amide bonds. The minimum Gasteiger partial charge on any atom is -0.478 e. The van der Waals surface area contributed by atoms with Gasteiger partial charge >= 0.3 is 5.97 Å². The molecule has 2 N–H and O–H groups in total. The van der Waals surface area contributed by atoms with Gasteiger partial charge in [0.05, 0.1) is 5.56 Å². The van der Waals surface area contributed by atoms with Gasteiger partial charge < -0.3 is 10.4 Å². The van der Waals surface area contributed by atoms with Gasteiger partial charge in [0.2, 0.25) is 0 Å². The van der Waals surface area contributed by atoms with E-state index in [1.54, 1.807) is 23.9 Å². The molecule has 1 aliphatic rings. The van der Waals surface area contributed by atoms with Crippen molar-refractivity contribution in [1.29, 1.82) is 0 Å². The second-order valence-electron chi connectivity index (χ2n) is 3.33. The molecule has 0 fully saturated rings. The molecule has 74 valence electrons. The molecule has 0 saturated heterocycles. The summed E-state index contributed by atoms with van der Waals surface area (Å²) in [5.74, 6) is -0.877. The predicted molar refractivity (Wildman–Crippen MR) is 57.2 cm³/mol. The van der Waals surface area contributed by atoms with Crippen molar-refractivity contribution in [3.63, 3.8) is 0 Å². The van der Waals surface area contributed by atoms with Crippen molar-refractivity contribution in [2.24, 2.45) is 0 Å². The molecular weight excluding hydrogens is 198 g/mol. The van der Waals surface area contributed by atoms with E-state index in [0.29, 0.717) is 10.8 Å². The third-order valence-electron chi connectivity index (χ3n) is 2.13. The molecular formula is C10H11NO2S. The lowest BCUT2D eigenvalue weighted by Gasteiger charge is -2.22. The molecule has 4 heteroatoms. The summed E-state index contributed by atoms with van der Waals surface area (Å²) in [6.45, 7) is 3.03. The summed E-state index contributed by atoms with van der Waals surface area (Å²) in [4.78, 5) is 11.8. The Balaban J connectivity index is 2.36. The highest BCUT2D eigenvalue weighted by Crippen LogP contribution is 2.35. The maximum Gasteiger partial charge on any atom is 0.335 e. The highest BCUT2D eigenvalue weighted by Gasteiger charge is 2.16. The van der Waals surface area contributed by atoms with Gasteiger partial charge in [0.25, 0.3) is 0 Å². The molecule has 0 spiro atoms. The van der Waals surface area contributed by atoms with Crippen LogP contribution in [0.1, 0.15) is 17.3 Å². The molecule has 2 rings (SSSR count). The number of carboxylic acids is 1. The van der Waals surface area contributed by atoms with Crippen molar-refractivity contribution in [3.05, 3.63) is 23.8 Å². The zero-order chi connectivity index (χ0) is 10.1. The van der Waals surface area contributed by atoms with Gasteiger partial charge in [-0.15, -0.1) is 11.8 Å². The Hall–Kier alpha value is -1.16. The summed E-state index contributed by atoms with van der Waals surface area (Å²) in [6.07, 6.45) is 0. The topological polar surface area (TPSA) is 49.3 Å². The van der Waals surface area contributed by atoms with E-state index < -0.39 is 5.97 Å². The highest BCUT2D eigenvalue weighted by molar-refractivity contribution is 8.00. The fraction of sp³-hybridized carbons (Fsp3) is 0.300. The smallest absolute Gasteiger partial charge is 0.335 e. The van der Waals surface area contributed by atoms with Crippen molar-refractivity contribution in [3.8, 4) is 0 Å². The van der Waals surface area contributed by atoms with E-state index in [-0.39, 0.29) is 0 Å². The lowest BCUT2D eigenvalue weighted by Crippen LogP contribution is -2.18. The summed E-state index contributed by atoms with van der Waals surface area (Å²) in [7, 11) is 0. The van der Waals surface area contributed by atoms with Gasteiger partial charge in [-0.2, -0.15) is 0 Å². The van der Waals surface area contributed by atoms with Gasteiger partial charge in [-0.3, -0.25) is 0 Å². The lowest BCUT2D eigenvalue weighted by molar-refractivity contribution is 0.0697. The fourth-order valence-electron chi connectivity index (χ4n) is 1.42. The highest BCUT2D eigenvalue weighted by atomic mass is 32.2. The Kier molecular flexibility index (Phi) is 2.37. The standard InChI is InChI=1S/C10H11NO2S/c1-6-5-11-8-4-7(10(12)13)2-3-9(8)14-6/h2-4,6,11H,5H2,1H3,(H,12,13). The molecule has 0 aliphatic carbocycles. The number of hydrogen-bond acceptors (Lipinski definition) is 3. The summed E-state index contributed by atoms with van der Waals surface area (Å²) < 4.78 is 0. The Labute approximate surface area is 86.5 Å². The molecule has 1 aliphatic heterocycles. The lowest BCUT2D eigenvalue weighted by atomic mass is 10.2. The van der Waals surface area contributed by atoms with E-state index in [0.717, 1.165) is 17.1 Å². The first-order chi connectivity index (χ1) is 6.66. The van der Waals surface area contributed by atoms with Gasteiger partial charge in [0, 0.05) is 22.4 Å². The average molecular weight is 209 g/mol. The van der Waals surface area contributed by atoms with E-state index in [1.807, 2.05) is 6.07 Å². The van der Waals surface area contributed by atoms with Crippen molar-refractivity contribution >= 4 is 23.4 Å². The molecule has 14 heavy (non-hydrogen) atoms. The third kappa shape index (κ3) is 1.70. The molecule has 3 nitrogen and oxygen atoms in total. The maximum atomic E-state index is 10.7. The molecule has 0 saturated carbocycles. The van der Waals surface area contributed by atoms with Crippen LogP contribution in [0.2, 0.25) is 0 Å². The van der Waals surface area contributed by atoms with Crippen LogP contribution in [0.3, 0.4) is 0 Å². The molecule has 0 aromatic heterocycles. The van der Waals surface area contributed by atoms with Crippen molar-refractivity contribution in [1.82, 2.24) is 0 Å². The Morgan fingerprint density at radius 2 is 2.43 bits per heavy atom. The summed E-state index contributed by atoms with van der Waals surface area (Å²) in [5, 5.41) is 12.6. The number of benzene rings is 1. The second kappa shape index (κ2) is 3.53. The van der Waals surface area contributed by atoms with E-state index in [9.17, 15) is 4.79 Å². The molecule has 1 aromatic rings.